The lowest BCUT2D eigenvalue weighted by molar-refractivity contribution is -0.139. The summed E-state index contributed by atoms with van der Waals surface area (Å²) in [5, 5.41) is 11.7. The molecule has 188 valence electrons. The fourth-order valence-electron chi connectivity index (χ4n) is 4.13. The average molecular weight is 463 g/mol. The van der Waals surface area contributed by atoms with Gasteiger partial charge in [-0.25, -0.2) is 0 Å². The molecular weight excluding hydrogens is 416 g/mol. The Morgan fingerprint density at radius 3 is 1.76 bits per heavy atom. The molecule has 0 amide bonds. The molecule has 0 spiro atoms. The van der Waals surface area contributed by atoms with Crippen molar-refractivity contribution in [1.29, 1.82) is 0 Å². The fourth-order valence-corrected chi connectivity index (χ4v) is 4.13. The molecule has 0 aliphatic heterocycles. The number of carbonyl (C=O) groups excluding carboxylic acids is 3. The van der Waals surface area contributed by atoms with Crippen LogP contribution in [0, 0.1) is 29.1 Å². The zero-order valence-electron chi connectivity index (χ0n) is 22.3. The highest BCUT2D eigenvalue weighted by Gasteiger charge is 2.51. The number of rotatable bonds is 13. The van der Waals surface area contributed by atoms with Gasteiger partial charge in [-0.2, -0.15) is 0 Å². The highest BCUT2D eigenvalue weighted by atomic mass is 16.5. The maximum absolute atomic E-state index is 14.1. The lowest BCUT2D eigenvalue weighted by Gasteiger charge is -2.39. The number of hydrogen-bond donors (Lipinski definition) is 1. The van der Waals surface area contributed by atoms with Gasteiger partial charge in [0.1, 0.15) is 11.3 Å². The Balaban J connectivity index is 3.88. The minimum absolute atomic E-state index is 0.00609. The largest absolute Gasteiger partial charge is 0.511 e. The van der Waals surface area contributed by atoms with Crippen LogP contribution in [0.1, 0.15) is 107 Å². The first-order valence-electron chi connectivity index (χ1n) is 12.7. The Morgan fingerprint density at radius 1 is 0.879 bits per heavy atom. The molecule has 0 aromatic rings. The van der Waals surface area contributed by atoms with Gasteiger partial charge in [0.05, 0.1) is 5.41 Å². The number of allylic oxidation sites excluding steroid dienone is 3. The molecule has 1 aliphatic carbocycles. The average Bonchev–Trinajstić information content (AvgIpc) is 2.72. The highest BCUT2D eigenvalue weighted by molar-refractivity contribution is 6.25. The van der Waals surface area contributed by atoms with E-state index in [-0.39, 0.29) is 35.1 Å². The number of aliphatic hydroxyl groups is 1. The van der Waals surface area contributed by atoms with Crippen molar-refractivity contribution >= 4 is 17.5 Å². The van der Waals surface area contributed by atoms with Crippen molar-refractivity contribution in [2.75, 3.05) is 0 Å². The van der Waals surface area contributed by atoms with Gasteiger partial charge in [-0.15, -0.1) is 0 Å². The van der Waals surface area contributed by atoms with E-state index in [0.29, 0.717) is 42.6 Å². The van der Waals surface area contributed by atoms with E-state index in [2.05, 4.69) is 41.5 Å². The smallest absolute Gasteiger partial charge is 0.310 e. The third-order valence-corrected chi connectivity index (χ3v) is 6.45. The molecule has 5 nitrogen and oxygen atoms in total. The van der Waals surface area contributed by atoms with Gasteiger partial charge in [0.25, 0.3) is 0 Å². The van der Waals surface area contributed by atoms with Crippen LogP contribution in [0.25, 0.3) is 0 Å². The SMILES string of the molecule is CCC(=O)OC1=C(C(=O)C(C)C)C(=O)C(CCC(C)C)(CCC(C)C)C(O)=C1CCC(C)C. The summed E-state index contributed by atoms with van der Waals surface area (Å²) < 4.78 is 5.64. The molecule has 0 radical (unpaired) electrons. The van der Waals surface area contributed by atoms with Gasteiger partial charge < -0.3 is 9.84 Å². The molecular formula is C28H46O5. The third kappa shape index (κ3) is 7.28. The molecule has 0 bridgehead atoms. The van der Waals surface area contributed by atoms with E-state index in [1.807, 2.05) is 0 Å². The van der Waals surface area contributed by atoms with Gasteiger partial charge in [-0.3, -0.25) is 14.4 Å². The molecule has 0 fully saturated rings. The van der Waals surface area contributed by atoms with Gasteiger partial charge in [0.15, 0.2) is 17.3 Å². The van der Waals surface area contributed by atoms with E-state index in [0.717, 1.165) is 19.3 Å². The van der Waals surface area contributed by atoms with Crippen LogP contribution in [0.5, 0.6) is 0 Å². The molecule has 0 saturated carbocycles. The van der Waals surface area contributed by atoms with E-state index >= 15 is 0 Å². The number of Topliss-reactive ketones (excluding diaryl/α,β-unsaturated/α-hetero) is 2. The first kappa shape index (κ1) is 29.1. The normalized spacial score (nSPS) is 16.6. The van der Waals surface area contributed by atoms with Gasteiger partial charge in [0, 0.05) is 17.9 Å². The van der Waals surface area contributed by atoms with E-state index < -0.39 is 17.3 Å². The number of esters is 1. The molecule has 1 aliphatic rings. The second-order valence-electron chi connectivity index (χ2n) is 11.1. The second-order valence-corrected chi connectivity index (χ2v) is 11.1. The molecule has 0 aromatic heterocycles. The summed E-state index contributed by atoms with van der Waals surface area (Å²) in [7, 11) is 0. The predicted molar refractivity (Wildman–Crippen MR) is 133 cm³/mol. The molecule has 33 heavy (non-hydrogen) atoms. The first-order chi connectivity index (χ1) is 15.3. The van der Waals surface area contributed by atoms with Crippen molar-refractivity contribution < 1.29 is 24.2 Å². The lowest BCUT2D eigenvalue weighted by atomic mass is 9.64. The van der Waals surface area contributed by atoms with Crippen LogP contribution in [-0.4, -0.2) is 22.6 Å². The van der Waals surface area contributed by atoms with E-state index in [4.69, 9.17) is 4.74 Å². The van der Waals surface area contributed by atoms with Crippen LogP contribution in [-0.2, 0) is 19.1 Å². The van der Waals surface area contributed by atoms with Gasteiger partial charge in [-0.1, -0.05) is 62.3 Å². The first-order valence-corrected chi connectivity index (χ1v) is 12.7. The van der Waals surface area contributed by atoms with E-state index in [1.165, 1.54) is 0 Å². The summed E-state index contributed by atoms with van der Waals surface area (Å²) in [6, 6.07) is 0. The van der Waals surface area contributed by atoms with Gasteiger partial charge in [-0.05, 0) is 56.3 Å². The third-order valence-electron chi connectivity index (χ3n) is 6.45. The van der Waals surface area contributed by atoms with E-state index in [9.17, 15) is 19.5 Å². The molecule has 1 rings (SSSR count). The lowest BCUT2D eigenvalue weighted by Crippen LogP contribution is -2.43. The summed E-state index contributed by atoms with van der Waals surface area (Å²) in [6.45, 7) is 17.7. The second kappa shape index (κ2) is 12.5. The predicted octanol–water partition coefficient (Wildman–Crippen LogP) is 7.11. The Hall–Kier alpha value is -1.91. The number of ether oxygens (including phenoxy) is 1. The Morgan fingerprint density at radius 2 is 1.36 bits per heavy atom. The zero-order chi connectivity index (χ0) is 25.5. The minimum Gasteiger partial charge on any atom is -0.511 e. The zero-order valence-corrected chi connectivity index (χ0v) is 22.3. The van der Waals surface area contributed by atoms with Crippen LogP contribution >= 0.6 is 0 Å². The molecule has 1 N–H and O–H groups in total. The fraction of sp³-hybridized carbons (Fsp3) is 0.750. The standard InChI is InChI=1S/C28H46O5/c1-10-22(29)33-25-21(12-11-17(2)3)26(31)28(15-13-18(4)5,16-14-19(6)7)27(32)23(25)24(30)20(8)9/h17-20,31H,10-16H2,1-9H3. The number of aliphatic hydroxyl groups excluding tert-OH is 1. The van der Waals surface area contributed by atoms with Crippen molar-refractivity contribution in [3.05, 3.63) is 22.7 Å². The molecule has 0 unspecified atom stereocenters. The summed E-state index contributed by atoms with van der Waals surface area (Å²) in [6.07, 6.45) is 3.74. The Bertz CT molecular complexity index is 768. The molecule has 0 atom stereocenters. The van der Waals surface area contributed by atoms with Gasteiger partial charge >= 0.3 is 5.97 Å². The van der Waals surface area contributed by atoms with E-state index in [1.54, 1.807) is 20.8 Å². The Labute approximate surface area is 201 Å². The van der Waals surface area contributed by atoms with Crippen molar-refractivity contribution in [1.82, 2.24) is 0 Å². The Kier molecular flexibility index (Phi) is 11.1. The number of carbonyl (C=O) groups is 3. The highest BCUT2D eigenvalue weighted by Crippen LogP contribution is 2.49. The molecule has 0 saturated heterocycles. The molecule has 0 heterocycles. The summed E-state index contributed by atoms with van der Waals surface area (Å²) in [4.78, 5) is 39.8. The van der Waals surface area contributed by atoms with Crippen molar-refractivity contribution in [2.24, 2.45) is 29.1 Å². The van der Waals surface area contributed by atoms with Crippen molar-refractivity contribution in [2.45, 2.75) is 107 Å². The van der Waals surface area contributed by atoms with Gasteiger partial charge in [0.2, 0.25) is 0 Å². The van der Waals surface area contributed by atoms with Crippen molar-refractivity contribution in [3.63, 3.8) is 0 Å². The van der Waals surface area contributed by atoms with Crippen LogP contribution < -0.4 is 0 Å². The van der Waals surface area contributed by atoms with Crippen LogP contribution in [0.3, 0.4) is 0 Å². The van der Waals surface area contributed by atoms with Crippen LogP contribution in [0.2, 0.25) is 0 Å². The number of ketones is 2. The maximum Gasteiger partial charge on any atom is 0.310 e. The monoisotopic (exact) mass is 462 g/mol. The van der Waals surface area contributed by atoms with Crippen LogP contribution in [0.4, 0.5) is 0 Å². The van der Waals surface area contributed by atoms with Crippen molar-refractivity contribution in [3.8, 4) is 0 Å². The quantitative estimate of drug-likeness (QED) is 0.233. The topological polar surface area (TPSA) is 80.7 Å². The summed E-state index contributed by atoms with van der Waals surface area (Å²) >= 11 is 0. The molecule has 5 heteroatoms. The summed E-state index contributed by atoms with van der Waals surface area (Å²) in [5.74, 6) is -0.629. The minimum atomic E-state index is -1.15. The molecule has 0 aromatic carbocycles. The maximum atomic E-state index is 14.1. The van der Waals surface area contributed by atoms with Crippen LogP contribution in [0.15, 0.2) is 22.7 Å². The number of hydrogen-bond acceptors (Lipinski definition) is 5. The summed E-state index contributed by atoms with van der Waals surface area (Å²) in [5.41, 5.74) is -0.722.